The van der Waals surface area contributed by atoms with Gasteiger partial charge in [0.1, 0.15) is 0 Å². The summed E-state index contributed by atoms with van der Waals surface area (Å²) in [6.07, 6.45) is 0. The van der Waals surface area contributed by atoms with Crippen molar-refractivity contribution in [1.82, 2.24) is 0 Å². The molecule has 0 amide bonds. The average Bonchev–Trinajstić information content (AvgIpc) is 3.78. The van der Waals surface area contributed by atoms with Crippen LogP contribution in [0, 0.1) is 0 Å². The van der Waals surface area contributed by atoms with Gasteiger partial charge in [-0.1, -0.05) is 167 Å². The maximum absolute atomic E-state index is 2.56. The van der Waals surface area contributed by atoms with Crippen molar-refractivity contribution in [1.29, 1.82) is 0 Å². The van der Waals surface area contributed by atoms with Crippen molar-refractivity contribution in [2.24, 2.45) is 0 Å². The van der Waals surface area contributed by atoms with E-state index in [9.17, 15) is 0 Å². The van der Waals surface area contributed by atoms with Crippen LogP contribution in [0.1, 0.15) is 49.9 Å². The Kier molecular flexibility index (Phi) is 6.13. The van der Waals surface area contributed by atoms with Crippen molar-refractivity contribution in [3.05, 3.63) is 192 Å². The largest absolute Gasteiger partial charge is 0.0619 e. The second kappa shape index (κ2) is 11.0. The molecule has 0 aliphatic heterocycles. The summed E-state index contributed by atoms with van der Waals surface area (Å²) < 4.78 is 0. The molecule has 0 saturated carbocycles. The second-order valence-electron chi connectivity index (χ2n) is 18.0. The normalized spacial score (nSPS) is 14.8. The summed E-state index contributed by atoms with van der Waals surface area (Å²) in [5.74, 6) is 0. The fraction of sp³-hybridized carbons (Fsp3) is 0.103. The highest BCUT2D eigenvalue weighted by atomic mass is 14.4. The molecule has 13 rings (SSSR count). The van der Waals surface area contributed by atoms with Crippen molar-refractivity contribution in [3.63, 3.8) is 0 Å². The molecule has 0 radical (unpaired) electrons. The van der Waals surface area contributed by atoms with E-state index in [0.717, 1.165) is 0 Å². The van der Waals surface area contributed by atoms with Crippen LogP contribution in [0.5, 0.6) is 0 Å². The first-order valence-corrected chi connectivity index (χ1v) is 20.8. The van der Waals surface area contributed by atoms with Crippen molar-refractivity contribution >= 4 is 43.1 Å². The second-order valence-corrected chi connectivity index (χ2v) is 18.0. The average molecular weight is 737 g/mol. The van der Waals surface area contributed by atoms with Crippen LogP contribution in [0.25, 0.3) is 110 Å². The Balaban J connectivity index is 1.16. The van der Waals surface area contributed by atoms with E-state index < -0.39 is 0 Å². The van der Waals surface area contributed by atoms with E-state index in [1.807, 2.05) is 0 Å². The minimum Gasteiger partial charge on any atom is -0.0619 e. The molecule has 0 atom stereocenters. The zero-order chi connectivity index (χ0) is 38.7. The predicted molar refractivity (Wildman–Crippen MR) is 247 cm³/mol. The van der Waals surface area contributed by atoms with Crippen molar-refractivity contribution in [2.45, 2.75) is 38.5 Å². The highest BCUT2D eigenvalue weighted by Crippen LogP contribution is 2.56. The molecule has 0 heterocycles. The predicted octanol–water partition coefficient (Wildman–Crippen LogP) is 15.9. The lowest BCUT2D eigenvalue weighted by Crippen LogP contribution is -2.15. The van der Waals surface area contributed by atoms with Crippen LogP contribution in [-0.4, -0.2) is 0 Å². The molecule has 0 aromatic heterocycles. The van der Waals surface area contributed by atoms with Gasteiger partial charge in [0.05, 0.1) is 0 Å². The minimum atomic E-state index is -0.0954. The summed E-state index contributed by atoms with van der Waals surface area (Å²) in [5.41, 5.74) is 21.3. The molecule has 3 aliphatic carbocycles. The molecule has 272 valence electrons. The van der Waals surface area contributed by atoms with Crippen LogP contribution in [0.4, 0.5) is 0 Å². The van der Waals surface area contributed by atoms with Crippen LogP contribution in [-0.2, 0) is 10.8 Å². The first-order valence-electron chi connectivity index (χ1n) is 20.8. The third-order valence-electron chi connectivity index (χ3n) is 14.4. The summed E-state index contributed by atoms with van der Waals surface area (Å²) in [6.45, 7) is 9.57. The fourth-order valence-corrected chi connectivity index (χ4v) is 11.6. The highest BCUT2D eigenvalue weighted by Gasteiger charge is 2.37. The van der Waals surface area contributed by atoms with E-state index in [-0.39, 0.29) is 10.8 Å². The Hall–Kier alpha value is -6.76. The standard InChI is InChI=1S/C58H40/c1-57(2)50-22-11-9-16-37(50)39-26-24-34(29-52(39)57)54-42-18-7-8-19-43(42)55(35-25-27-40-38-17-10-12-23-51(38)58(3,4)53(40)30-35)49-32-46-45(31-48(49)54)44-21-13-20-41-36-15-6-5-14-33(36)28-47(46)56(41)44/h5-32H,1-4H3. The van der Waals surface area contributed by atoms with E-state index in [0.29, 0.717) is 0 Å². The van der Waals surface area contributed by atoms with Crippen LogP contribution in [0.15, 0.2) is 170 Å². The van der Waals surface area contributed by atoms with Crippen molar-refractivity contribution in [2.75, 3.05) is 0 Å². The first kappa shape index (κ1) is 32.3. The van der Waals surface area contributed by atoms with Gasteiger partial charge in [-0.15, -0.1) is 0 Å². The smallest absolute Gasteiger partial charge is 0.0159 e. The van der Waals surface area contributed by atoms with Gasteiger partial charge in [-0.05, 0) is 162 Å². The van der Waals surface area contributed by atoms with Gasteiger partial charge in [-0.3, -0.25) is 0 Å². The topological polar surface area (TPSA) is 0 Å². The molecule has 0 saturated heterocycles. The molecule has 0 nitrogen and oxygen atoms in total. The molecule has 0 heteroatoms. The summed E-state index contributed by atoms with van der Waals surface area (Å²) >= 11 is 0. The zero-order valence-corrected chi connectivity index (χ0v) is 33.2. The molecule has 0 N–H and O–H groups in total. The molecule has 0 fully saturated rings. The number of hydrogen-bond acceptors (Lipinski definition) is 0. The van der Waals surface area contributed by atoms with Gasteiger partial charge in [-0.25, -0.2) is 0 Å². The third kappa shape index (κ3) is 4.00. The maximum Gasteiger partial charge on any atom is 0.0159 e. The molecule has 0 unspecified atom stereocenters. The highest BCUT2D eigenvalue weighted by molar-refractivity contribution is 6.28. The van der Waals surface area contributed by atoms with Gasteiger partial charge in [0.2, 0.25) is 0 Å². The molecule has 58 heavy (non-hydrogen) atoms. The van der Waals surface area contributed by atoms with E-state index in [1.165, 1.54) is 132 Å². The lowest BCUT2D eigenvalue weighted by atomic mass is 9.79. The minimum absolute atomic E-state index is 0.0944. The van der Waals surface area contributed by atoms with Gasteiger partial charge >= 0.3 is 0 Å². The Labute approximate surface area is 339 Å². The number of hydrogen-bond donors (Lipinski definition) is 0. The molecule has 0 bridgehead atoms. The summed E-state index contributed by atoms with van der Waals surface area (Å²) in [6, 6.07) is 65.1. The van der Waals surface area contributed by atoms with Gasteiger partial charge in [0.15, 0.2) is 0 Å². The van der Waals surface area contributed by atoms with Crippen LogP contribution in [0.2, 0.25) is 0 Å². The number of rotatable bonds is 2. The summed E-state index contributed by atoms with van der Waals surface area (Å²) in [4.78, 5) is 0. The molecule has 3 aliphatic rings. The van der Waals surface area contributed by atoms with Crippen molar-refractivity contribution in [3.8, 4) is 66.8 Å². The van der Waals surface area contributed by atoms with Gasteiger partial charge < -0.3 is 0 Å². The van der Waals surface area contributed by atoms with E-state index in [4.69, 9.17) is 0 Å². The Bertz CT molecular complexity index is 3500. The monoisotopic (exact) mass is 736 g/mol. The quantitative estimate of drug-likeness (QED) is 0.122. The lowest BCUT2D eigenvalue weighted by molar-refractivity contribution is 0.660. The first-order chi connectivity index (χ1) is 28.3. The van der Waals surface area contributed by atoms with E-state index >= 15 is 0 Å². The molecule has 0 spiro atoms. The fourth-order valence-electron chi connectivity index (χ4n) is 11.6. The Morgan fingerprint density at radius 3 is 1.31 bits per heavy atom. The molecule has 10 aromatic carbocycles. The summed E-state index contributed by atoms with van der Waals surface area (Å²) in [7, 11) is 0. The van der Waals surface area contributed by atoms with E-state index in [1.54, 1.807) is 0 Å². The van der Waals surface area contributed by atoms with Gasteiger partial charge in [0, 0.05) is 10.8 Å². The van der Waals surface area contributed by atoms with Gasteiger partial charge in [-0.2, -0.15) is 0 Å². The van der Waals surface area contributed by atoms with Crippen LogP contribution in [0.3, 0.4) is 0 Å². The SMILES string of the molecule is CC1(C)c2ccccc2-c2ccc(-c3c4ccccc4c(-c4ccc5c(c4)C(C)(C)c4ccccc4-5)c4cc5c(cc34)-c3cccc4c3c-5cc3ccccc34)cc21. The van der Waals surface area contributed by atoms with Crippen LogP contribution < -0.4 is 0 Å². The zero-order valence-electron chi connectivity index (χ0n) is 33.2. The number of benzene rings is 10. The van der Waals surface area contributed by atoms with E-state index in [2.05, 4.69) is 198 Å². The molecular formula is C58H40. The number of fused-ring (bicyclic) bond motifs is 13. The van der Waals surface area contributed by atoms with Crippen LogP contribution >= 0.6 is 0 Å². The summed E-state index contributed by atoms with van der Waals surface area (Å²) in [5, 5.41) is 10.5. The molecular weight excluding hydrogens is 697 g/mol. The Morgan fingerprint density at radius 1 is 0.276 bits per heavy atom. The lowest BCUT2D eigenvalue weighted by Gasteiger charge is -2.24. The Morgan fingerprint density at radius 2 is 0.724 bits per heavy atom. The maximum atomic E-state index is 2.56. The third-order valence-corrected chi connectivity index (χ3v) is 14.4. The molecule has 10 aromatic rings. The van der Waals surface area contributed by atoms with Gasteiger partial charge in [0.25, 0.3) is 0 Å². The van der Waals surface area contributed by atoms with Crippen molar-refractivity contribution < 1.29 is 0 Å².